The lowest BCUT2D eigenvalue weighted by Crippen LogP contribution is -2.40. The van der Waals surface area contributed by atoms with E-state index in [-0.39, 0.29) is 23.8 Å². The van der Waals surface area contributed by atoms with E-state index in [1.54, 1.807) is 12.1 Å². The van der Waals surface area contributed by atoms with Crippen molar-refractivity contribution < 1.29 is 14.3 Å². The van der Waals surface area contributed by atoms with E-state index in [1.807, 2.05) is 17.0 Å². The molecule has 2 amide bonds. The second-order valence-corrected chi connectivity index (χ2v) is 7.21. The van der Waals surface area contributed by atoms with Gasteiger partial charge in [0.25, 0.3) is 5.91 Å². The maximum atomic E-state index is 12.6. The second kappa shape index (κ2) is 8.33. The molecule has 1 aromatic carbocycles. The maximum absolute atomic E-state index is 12.6. The first kappa shape index (κ1) is 18.4. The molecule has 6 nitrogen and oxygen atoms in total. The van der Waals surface area contributed by atoms with Crippen molar-refractivity contribution in [1.29, 1.82) is 5.26 Å². The molecule has 0 aromatic heterocycles. The van der Waals surface area contributed by atoms with E-state index in [0.29, 0.717) is 24.5 Å². The Bertz CT molecular complexity index is 687. The number of primary amides is 1. The zero-order chi connectivity index (χ0) is 18.5. The second-order valence-electron chi connectivity index (χ2n) is 7.21. The van der Waals surface area contributed by atoms with Crippen LogP contribution in [0.2, 0.25) is 0 Å². The largest absolute Gasteiger partial charge is 0.377 e. The molecule has 138 valence electrons. The third-order valence-electron chi connectivity index (χ3n) is 5.53. The molecule has 3 rings (SSSR count). The van der Waals surface area contributed by atoms with Crippen LogP contribution in [-0.4, -0.2) is 42.5 Å². The van der Waals surface area contributed by atoms with Crippen LogP contribution in [0.5, 0.6) is 0 Å². The van der Waals surface area contributed by atoms with E-state index in [1.165, 1.54) is 0 Å². The fourth-order valence-corrected chi connectivity index (χ4v) is 3.95. The number of hydrogen-bond donors (Lipinski definition) is 1. The summed E-state index contributed by atoms with van der Waals surface area (Å²) in [4.78, 5) is 26.0. The number of likely N-dealkylation sites (tertiary alicyclic amines) is 1. The molecule has 1 aromatic rings. The first-order chi connectivity index (χ1) is 12.6. The number of amides is 2. The van der Waals surface area contributed by atoms with E-state index in [4.69, 9.17) is 15.7 Å². The normalized spacial score (nSPS) is 23.6. The number of hydrogen-bond acceptors (Lipinski definition) is 4. The number of benzene rings is 1. The summed E-state index contributed by atoms with van der Waals surface area (Å²) in [5.74, 6) is 0.0719. The fourth-order valence-electron chi connectivity index (χ4n) is 3.95. The summed E-state index contributed by atoms with van der Waals surface area (Å²) in [5.41, 5.74) is 7.04. The Hall–Kier alpha value is -2.39. The number of rotatable bonds is 5. The highest BCUT2D eigenvalue weighted by molar-refractivity contribution is 5.94. The molecule has 6 heteroatoms. The van der Waals surface area contributed by atoms with Gasteiger partial charge in [-0.3, -0.25) is 9.59 Å². The Balaban J connectivity index is 1.51. The quantitative estimate of drug-likeness (QED) is 0.872. The van der Waals surface area contributed by atoms with Crippen molar-refractivity contribution in [1.82, 2.24) is 4.90 Å². The molecule has 2 saturated heterocycles. The Morgan fingerprint density at radius 1 is 1.19 bits per heavy atom. The molecule has 2 N–H and O–H groups in total. The van der Waals surface area contributed by atoms with Gasteiger partial charge in [-0.1, -0.05) is 12.1 Å². The van der Waals surface area contributed by atoms with Crippen LogP contribution in [0.25, 0.3) is 0 Å². The molecule has 26 heavy (non-hydrogen) atoms. The van der Waals surface area contributed by atoms with Crippen LogP contribution in [0.15, 0.2) is 24.3 Å². The molecule has 0 saturated carbocycles. The Labute approximate surface area is 153 Å². The molecule has 2 fully saturated rings. The number of carbonyl (C=O) groups is 2. The summed E-state index contributed by atoms with van der Waals surface area (Å²) in [5, 5.41) is 8.72. The van der Waals surface area contributed by atoms with Gasteiger partial charge in [0.1, 0.15) is 0 Å². The van der Waals surface area contributed by atoms with Crippen LogP contribution in [-0.2, 0) is 16.0 Å². The molecule has 2 atom stereocenters. The van der Waals surface area contributed by atoms with Crippen LogP contribution in [0.1, 0.15) is 41.6 Å². The van der Waals surface area contributed by atoms with Gasteiger partial charge in [0.15, 0.2) is 0 Å². The molecule has 2 heterocycles. The van der Waals surface area contributed by atoms with Gasteiger partial charge in [-0.15, -0.1) is 0 Å². The van der Waals surface area contributed by atoms with Gasteiger partial charge in [0.2, 0.25) is 5.91 Å². The van der Waals surface area contributed by atoms with Crippen molar-refractivity contribution in [2.24, 2.45) is 17.6 Å². The first-order valence-corrected chi connectivity index (χ1v) is 9.24. The molecule has 0 unspecified atom stereocenters. The fraction of sp³-hybridized carbons (Fsp3) is 0.550. The van der Waals surface area contributed by atoms with Crippen LogP contribution < -0.4 is 5.73 Å². The summed E-state index contributed by atoms with van der Waals surface area (Å²) >= 11 is 0. The van der Waals surface area contributed by atoms with Crippen molar-refractivity contribution in [3.8, 4) is 6.07 Å². The summed E-state index contributed by atoms with van der Waals surface area (Å²) < 4.78 is 5.70. The van der Waals surface area contributed by atoms with Crippen molar-refractivity contribution in [2.45, 2.75) is 38.2 Å². The number of carbonyl (C=O) groups excluding carboxylic acids is 2. The minimum absolute atomic E-state index is 0.0408. The van der Waals surface area contributed by atoms with Gasteiger partial charge >= 0.3 is 0 Å². The highest BCUT2D eigenvalue weighted by atomic mass is 16.5. The van der Waals surface area contributed by atoms with Gasteiger partial charge < -0.3 is 15.4 Å². The van der Waals surface area contributed by atoms with E-state index in [0.717, 1.165) is 44.3 Å². The summed E-state index contributed by atoms with van der Waals surface area (Å²) in [6.07, 6.45) is 3.70. The van der Waals surface area contributed by atoms with Gasteiger partial charge in [0.05, 0.1) is 24.5 Å². The number of piperidine rings is 1. The molecule has 0 spiro atoms. The summed E-state index contributed by atoms with van der Waals surface area (Å²) in [7, 11) is 0. The number of ether oxygens (including phenoxy) is 1. The van der Waals surface area contributed by atoms with Crippen LogP contribution in [0.3, 0.4) is 0 Å². The lowest BCUT2D eigenvalue weighted by Gasteiger charge is -2.33. The number of nitriles is 1. The third kappa shape index (κ3) is 4.23. The smallest absolute Gasteiger partial charge is 0.253 e. The Kier molecular flexibility index (Phi) is 5.89. The van der Waals surface area contributed by atoms with E-state index in [2.05, 4.69) is 6.07 Å². The molecule has 2 aliphatic rings. The third-order valence-corrected chi connectivity index (χ3v) is 5.53. The molecular weight excluding hydrogens is 330 g/mol. The molecule has 0 bridgehead atoms. The highest BCUT2D eigenvalue weighted by Crippen LogP contribution is 2.31. The molecular formula is C20H25N3O3. The predicted molar refractivity (Wildman–Crippen MR) is 96.0 cm³/mol. The van der Waals surface area contributed by atoms with Gasteiger partial charge in [-0.05, 0) is 49.3 Å². The Morgan fingerprint density at radius 2 is 1.88 bits per heavy atom. The predicted octanol–water partition coefficient (Wildman–Crippen LogP) is 1.89. The molecule has 0 aliphatic carbocycles. The lowest BCUT2D eigenvalue weighted by atomic mass is 9.86. The van der Waals surface area contributed by atoms with Crippen molar-refractivity contribution >= 4 is 11.8 Å². The van der Waals surface area contributed by atoms with Crippen LogP contribution in [0.4, 0.5) is 0 Å². The monoisotopic (exact) mass is 355 g/mol. The van der Waals surface area contributed by atoms with Crippen molar-refractivity contribution in [3.05, 3.63) is 35.4 Å². The zero-order valence-corrected chi connectivity index (χ0v) is 14.9. The number of nitrogens with two attached hydrogens (primary N) is 1. The minimum atomic E-state index is -0.264. The van der Waals surface area contributed by atoms with E-state index >= 15 is 0 Å². The summed E-state index contributed by atoms with van der Waals surface area (Å²) in [6.45, 7) is 2.05. The first-order valence-electron chi connectivity index (χ1n) is 9.24. The SMILES string of the molecule is N#CCc1ccc(C(=O)N2CCC(C[C@H]3OCC[C@H]3C(N)=O)CC2)cc1. The summed E-state index contributed by atoms with van der Waals surface area (Å²) in [6, 6.07) is 9.37. The maximum Gasteiger partial charge on any atom is 0.253 e. The molecule has 0 radical (unpaired) electrons. The van der Waals surface area contributed by atoms with E-state index < -0.39 is 0 Å². The van der Waals surface area contributed by atoms with Gasteiger partial charge in [0, 0.05) is 25.3 Å². The van der Waals surface area contributed by atoms with Gasteiger partial charge in [-0.2, -0.15) is 5.26 Å². The minimum Gasteiger partial charge on any atom is -0.377 e. The van der Waals surface area contributed by atoms with Crippen LogP contribution in [0, 0.1) is 23.2 Å². The topological polar surface area (TPSA) is 96.4 Å². The average Bonchev–Trinajstić information content (AvgIpc) is 3.11. The Morgan fingerprint density at radius 3 is 2.50 bits per heavy atom. The highest BCUT2D eigenvalue weighted by Gasteiger charge is 2.35. The molecule has 2 aliphatic heterocycles. The van der Waals surface area contributed by atoms with Crippen LogP contribution >= 0.6 is 0 Å². The zero-order valence-electron chi connectivity index (χ0n) is 14.9. The van der Waals surface area contributed by atoms with E-state index in [9.17, 15) is 9.59 Å². The average molecular weight is 355 g/mol. The number of nitrogens with zero attached hydrogens (tertiary/aromatic N) is 2. The van der Waals surface area contributed by atoms with Crippen molar-refractivity contribution in [2.75, 3.05) is 19.7 Å². The van der Waals surface area contributed by atoms with Crippen molar-refractivity contribution in [3.63, 3.8) is 0 Å². The standard InChI is InChI=1S/C20H25N3O3/c21-9-5-14-1-3-16(4-2-14)20(25)23-10-6-15(7-11-23)13-18-17(19(22)24)8-12-26-18/h1-4,15,17-18H,5-8,10-13H2,(H2,22,24)/t17-,18-/m1/s1. The van der Waals surface area contributed by atoms with Gasteiger partial charge in [-0.25, -0.2) is 0 Å². The lowest BCUT2D eigenvalue weighted by molar-refractivity contribution is -0.123.